The van der Waals surface area contributed by atoms with Crippen LogP contribution in [0.1, 0.15) is 18.0 Å². The molecule has 3 rings (SSSR count). The van der Waals surface area contributed by atoms with Gasteiger partial charge in [-0.25, -0.2) is 9.69 Å². The summed E-state index contributed by atoms with van der Waals surface area (Å²) >= 11 is 0. The SMILES string of the molecule is COc1ccc(NC(CC(=O)N2CCOC2=O)c2ccccc2)cc1. The van der Waals surface area contributed by atoms with Crippen molar-refractivity contribution in [3.05, 3.63) is 60.2 Å². The van der Waals surface area contributed by atoms with Crippen molar-refractivity contribution in [2.75, 3.05) is 25.6 Å². The average Bonchev–Trinajstić information content (AvgIpc) is 3.08. The van der Waals surface area contributed by atoms with Gasteiger partial charge in [0.25, 0.3) is 0 Å². The number of imide groups is 1. The molecule has 6 heteroatoms. The van der Waals surface area contributed by atoms with E-state index in [9.17, 15) is 9.59 Å². The number of hydrogen-bond acceptors (Lipinski definition) is 5. The first-order valence-corrected chi connectivity index (χ1v) is 8.10. The molecule has 1 aliphatic rings. The second kappa shape index (κ2) is 7.70. The monoisotopic (exact) mass is 340 g/mol. The molecule has 0 spiro atoms. The third kappa shape index (κ3) is 4.09. The lowest BCUT2D eigenvalue weighted by Crippen LogP contribution is -2.33. The van der Waals surface area contributed by atoms with E-state index in [4.69, 9.17) is 9.47 Å². The highest BCUT2D eigenvalue weighted by Crippen LogP contribution is 2.25. The van der Waals surface area contributed by atoms with Crippen molar-refractivity contribution < 1.29 is 19.1 Å². The molecule has 1 saturated heterocycles. The molecule has 6 nitrogen and oxygen atoms in total. The summed E-state index contributed by atoms with van der Waals surface area (Å²) in [6, 6.07) is 16.9. The minimum Gasteiger partial charge on any atom is -0.497 e. The first-order chi connectivity index (χ1) is 12.2. The molecular formula is C19H20N2O4. The summed E-state index contributed by atoms with van der Waals surface area (Å²) in [5.41, 5.74) is 1.84. The van der Waals surface area contributed by atoms with Gasteiger partial charge in [-0.05, 0) is 29.8 Å². The zero-order valence-corrected chi connectivity index (χ0v) is 14.0. The van der Waals surface area contributed by atoms with E-state index < -0.39 is 6.09 Å². The molecule has 130 valence electrons. The van der Waals surface area contributed by atoms with Gasteiger partial charge in [0.1, 0.15) is 12.4 Å². The van der Waals surface area contributed by atoms with Crippen molar-refractivity contribution in [1.29, 1.82) is 0 Å². The van der Waals surface area contributed by atoms with Crippen molar-refractivity contribution in [3.8, 4) is 5.75 Å². The van der Waals surface area contributed by atoms with E-state index >= 15 is 0 Å². The largest absolute Gasteiger partial charge is 0.497 e. The van der Waals surface area contributed by atoms with Gasteiger partial charge in [-0.1, -0.05) is 30.3 Å². The summed E-state index contributed by atoms with van der Waals surface area (Å²) < 4.78 is 10.0. The van der Waals surface area contributed by atoms with Crippen LogP contribution in [0.2, 0.25) is 0 Å². The smallest absolute Gasteiger partial charge is 0.416 e. The maximum absolute atomic E-state index is 12.5. The first-order valence-electron chi connectivity index (χ1n) is 8.10. The molecule has 0 aromatic heterocycles. The van der Waals surface area contributed by atoms with E-state index in [1.54, 1.807) is 7.11 Å². The summed E-state index contributed by atoms with van der Waals surface area (Å²) in [5.74, 6) is 0.509. The Kier molecular flexibility index (Phi) is 5.18. The topological polar surface area (TPSA) is 67.9 Å². The molecule has 0 aliphatic carbocycles. The number of rotatable bonds is 6. The van der Waals surface area contributed by atoms with E-state index in [0.717, 1.165) is 21.9 Å². The Balaban J connectivity index is 1.77. The number of cyclic esters (lactones) is 1. The lowest BCUT2D eigenvalue weighted by atomic mass is 10.0. The number of nitrogens with one attached hydrogen (secondary N) is 1. The number of anilines is 1. The van der Waals surface area contributed by atoms with Crippen molar-refractivity contribution >= 4 is 17.7 Å². The third-order valence-electron chi connectivity index (χ3n) is 4.07. The van der Waals surface area contributed by atoms with Gasteiger partial charge in [0, 0.05) is 5.69 Å². The number of ether oxygens (including phenoxy) is 2. The van der Waals surface area contributed by atoms with Crippen LogP contribution in [0.4, 0.5) is 10.5 Å². The summed E-state index contributed by atoms with van der Waals surface area (Å²) in [6.45, 7) is 0.564. The Hall–Kier alpha value is -3.02. The van der Waals surface area contributed by atoms with E-state index in [2.05, 4.69) is 5.32 Å². The molecule has 0 bridgehead atoms. The number of benzene rings is 2. The van der Waals surface area contributed by atoms with Crippen molar-refractivity contribution in [2.45, 2.75) is 12.5 Å². The van der Waals surface area contributed by atoms with Gasteiger partial charge < -0.3 is 14.8 Å². The second-order valence-electron chi connectivity index (χ2n) is 5.70. The maximum atomic E-state index is 12.5. The molecule has 1 aliphatic heterocycles. The van der Waals surface area contributed by atoms with E-state index in [1.165, 1.54) is 0 Å². The Morgan fingerprint density at radius 3 is 2.52 bits per heavy atom. The van der Waals surface area contributed by atoms with Crippen molar-refractivity contribution in [1.82, 2.24) is 4.90 Å². The first kappa shape index (κ1) is 16.8. The number of hydrogen-bond donors (Lipinski definition) is 1. The normalized spacial score (nSPS) is 14.8. The Labute approximate surface area is 146 Å². The summed E-state index contributed by atoms with van der Waals surface area (Å²) in [6.07, 6.45) is -0.410. The molecule has 2 aromatic rings. The zero-order valence-electron chi connectivity index (χ0n) is 14.0. The number of nitrogens with zero attached hydrogens (tertiary/aromatic N) is 1. The van der Waals surface area contributed by atoms with Crippen LogP contribution in [0.15, 0.2) is 54.6 Å². The fourth-order valence-corrected chi connectivity index (χ4v) is 2.73. The number of amides is 2. The average molecular weight is 340 g/mol. The minimum atomic E-state index is -0.568. The minimum absolute atomic E-state index is 0.158. The predicted octanol–water partition coefficient (Wildman–Crippen LogP) is 3.22. The summed E-state index contributed by atoms with van der Waals surface area (Å²) in [4.78, 5) is 25.3. The highest BCUT2D eigenvalue weighted by molar-refractivity contribution is 5.93. The third-order valence-corrected chi connectivity index (χ3v) is 4.07. The molecule has 1 atom stereocenters. The Bertz CT molecular complexity index is 731. The van der Waals surface area contributed by atoms with Crippen LogP contribution in [0, 0.1) is 0 Å². The maximum Gasteiger partial charge on any atom is 0.416 e. The van der Waals surface area contributed by atoms with Crippen LogP contribution in [-0.2, 0) is 9.53 Å². The second-order valence-corrected chi connectivity index (χ2v) is 5.70. The molecule has 0 saturated carbocycles. The van der Waals surface area contributed by atoms with Crippen LogP contribution in [0.5, 0.6) is 5.75 Å². The highest BCUT2D eigenvalue weighted by atomic mass is 16.6. The number of carbonyl (C=O) groups is 2. The molecule has 2 amide bonds. The van der Waals surface area contributed by atoms with Crippen LogP contribution < -0.4 is 10.1 Å². The standard InChI is InChI=1S/C19H20N2O4/c1-24-16-9-7-15(8-10-16)20-17(14-5-3-2-4-6-14)13-18(22)21-11-12-25-19(21)23/h2-10,17,20H,11-13H2,1H3. The van der Waals surface area contributed by atoms with Crippen LogP contribution >= 0.6 is 0 Å². The van der Waals surface area contributed by atoms with Crippen LogP contribution in [0.3, 0.4) is 0 Å². The fraction of sp³-hybridized carbons (Fsp3) is 0.263. The highest BCUT2D eigenvalue weighted by Gasteiger charge is 2.30. The van der Waals surface area contributed by atoms with Gasteiger partial charge in [-0.3, -0.25) is 4.79 Å². The molecule has 0 radical (unpaired) electrons. The van der Waals surface area contributed by atoms with Gasteiger partial charge in [-0.2, -0.15) is 0 Å². The van der Waals surface area contributed by atoms with Crippen molar-refractivity contribution in [3.63, 3.8) is 0 Å². The van der Waals surface area contributed by atoms with Gasteiger partial charge >= 0.3 is 6.09 Å². The zero-order chi connectivity index (χ0) is 17.6. The Morgan fingerprint density at radius 2 is 1.92 bits per heavy atom. The molecule has 25 heavy (non-hydrogen) atoms. The predicted molar refractivity (Wildman–Crippen MR) is 93.5 cm³/mol. The molecule has 2 aromatic carbocycles. The molecule has 1 heterocycles. The quantitative estimate of drug-likeness (QED) is 0.874. The van der Waals surface area contributed by atoms with Crippen molar-refractivity contribution in [2.24, 2.45) is 0 Å². The lowest BCUT2D eigenvalue weighted by Gasteiger charge is -2.22. The lowest BCUT2D eigenvalue weighted by molar-refractivity contribution is -0.128. The van der Waals surface area contributed by atoms with Gasteiger partial charge in [0.2, 0.25) is 5.91 Å². The fourth-order valence-electron chi connectivity index (χ4n) is 2.73. The summed E-state index contributed by atoms with van der Waals surface area (Å²) in [5, 5.41) is 3.36. The van der Waals surface area contributed by atoms with E-state index in [0.29, 0.717) is 6.54 Å². The van der Waals surface area contributed by atoms with Gasteiger partial charge in [-0.15, -0.1) is 0 Å². The van der Waals surface area contributed by atoms with Crippen LogP contribution in [0.25, 0.3) is 0 Å². The summed E-state index contributed by atoms with van der Waals surface area (Å²) in [7, 11) is 1.61. The number of methoxy groups -OCH3 is 1. The van der Waals surface area contributed by atoms with Crippen LogP contribution in [-0.4, -0.2) is 37.2 Å². The van der Waals surface area contributed by atoms with Gasteiger partial charge in [0.05, 0.1) is 26.1 Å². The Morgan fingerprint density at radius 1 is 1.20 bits per heavy atom. The number of carbonyl (C=O) groups excluding carboxylic acids is 2. The van der Waals surface area contributed by atoms with E-state index in [1.807, 2.05) is 54.6 Å². The van der Waals surface area contributed by atoms with E-state index in [-0.39, 0.29) is 25.0 Å². The molecule has 1 N–H and O–H groups in total. The van der Waals surface area contributed by atoms with Gasteiger partial charge in [0.15, 0.2) is 0 Å². The molecule has 1 fully saturated rings. The molecule has 1 unspecified atom stereocenters. The molecular weight excluding hydrogens is 320 g/mol.